The lowest BCUT2D eigenvalue weighted by Gasteiger charge is -2.38. The molecule has 0 aliphatic carbocycles. The van der Waals surface area contributed by atoms with E-state index in [9.17, 15) is 10.1 Å². The van der Waals surface area contributed by atoms with Crippen molar-refractivity contribution in [3.05, 3.63) is 52.2 Å². The van der Waals surface area contributed by atoms with Gasteiger partial charge in [0.15, 0.2) is 0 Å². The van der Waals surface area contributed by atoms with Gasteiger partial charge >= 0.3 is 0 Å². The molecule has 0 atom stereocenters. The monoisotopic (exact) mass is 448 g/mol. The van der Waals surface area contributed by atoms with Gasteiger partial charge in [0, 0.05) is 43.7 Å². The number of ether oxygens (including phenoxy) is 2. The van der Waals surface area contributed by atoms with Crippen LogP contribution in [0.3, 0.4) is 0 Å². The van der Waals surface area contributed by atoms with Crippen LogP contribution in [0, 0.1) is 11.3 Å². The molecule has 2 aliphatic rings. The maximum absolute atomic E-state index is 13.0. The Hall–Kier alpha value is -3.11. The summed E-state index contributed by atoms with van der Waals surface area (Å²) in [5.41, 5.74) is 4.14. The van der Waals surface area contributed by atoms with E-state index in [-0.39, 0.29) is 17.4 Å². The van der Waals surface area contributed by atoms with Crippen LogP contribution in [0.5, 0.6) is 5.75 Å². The SMILES string of the molecule is COc1ccc(C(=O)N2CCN(c3nc(C(C)C)c4c(c3C#N)CC(C)(C)OC4)CC2)cc1. The molecule has 1 amide bonds. The molecule has 4 rings (SSSR count). The number of hydrogen-bond acceptors (Lipinski definition) is 6. The number of nitrogens with zero attached hydrogens (tertiary/aromatic N) is 4. The van der Waals surface area contributed by atoms with Gasteiger partial charge in [-0.1, -0.05) is 13.8 Å². The molecule has 7 nitrogen and oxygen atoms in total. The van der Waals surface area contributed by atoms with E-state index in [1.165, 1.54) is 0 Å². The molecule has 33 heavy (non-hydrogen) atoms. The van der Waals surface area contributed by atoms with Crippen molar-refractivity contribution in [1.29, 1.82) is 5.26 Å². The second kappa shape index (κ2) is 9.03. The van der Waals surface area contributed by atoms with E-state index in [1.807, 2.05) is 4.90 Å². The normalized spacial score (nSPS) is 17.5. The summed E-state index contributed by atoms with van der Waals surface area (Å²) in [5.74, 6) is 1.72. The van der Waals surface area contributed by atoms with Gasteiger partial charge < -0.3 is 19.3 Å². The highest BCUT2D eigenvalue weighted by molar-refractivity contribution is 5.94. The number of hydrogen-bond donors (Lipinski definition) is 0. The molecule has 1 aromatic carbocycles. The van der Waals surface area contributed by atoms with Crippen LogP contribution in [-0.4, -0.2) is 54.7 Å². The molecule has 2 aromatic rings. The third-order valence-electron chi connectivity index (χ3n) is 6.50. The fourth-order valence-electron chi connectivity index (χ4n) is 4.64. The van der Waals surface area contributed by atoms with Crippen LogP contribution in [0.2, 0.25) is 0 Å². The molecular formula is C26H32N4O3. The van der Waals surface area contributed by atoms with Crippen molar-refractivity contribution in [3.63, 3.8) is 0 Å². The van der Waals surface area contributed by atoms with Gasteiger partial charge in [-0.05, 0) is 49.6 Å². The van der Waals surface area contributed by atoms with E-state index in [4.69, 9.17) is 14.5 Å². The van der Waals surface area contributed by atoms with Crippen molar-refractivity contribution in [1.82, 2.24) is 9.88 Å². The Bertz CT molecular complexity index is 1080. The number of carbonyl (C=O) groups excluding carboxylic acids is 1. The van der Waals surface area contributed by atoms with Gasteiger partial charge in [0.05, 0.1) is 30.6 Å². The van der Waals surface area contributed by atoms with E-state index in [1.54, 1.807) is 31.4 Å². The first-order chi connectivity index (χ1) is 15.7. The summed E-state index contributed by atoms with van der Waals surface area (Å²) in [7, 11) is 1.61. The third-order valence-corrected chi connectivity index (χ3v) is 6.50. The van der Waals surface area contributed by atoms with E-state index < -0.39 is 0 Å². The third kappa shape index (κ3) is 4.53. The summed E-state index contributed by atoms with van der Waals surface area (Å²) < 4.78 is 11.2. The maximum Gasteiger partial charge on any atom is 0.253 e. The number of piperazine rings is 1. The van der Waals surface area contributed by atoms with Crippen molar-refractivity contribution in [2.24, 2.45) is 0 Å². The average Bonchev–Trinajstić information content (AvgIpc) is 2.82. The molecule has 1 fully saturated rings. The molecule has 2 aliphatic heterocycles. The number of carbonyl (C=O) groups is 1. The molecule has 0 spiro atoms. The van der Waals surface area contributed by atoms with E-state index in [2.05, 4.69) is 38.7 Å². The first-order valence-corrected chi connectivity index (χ1v) is 11.5. The zero-order valence-electron chi connectivity index (χ0n) is 20.1. The zero-order valence-corrected chi connectivity index (χ0v) is 20.1. The summed E-state index contributed by atoms with van der Waals surface area (Å²) in [5, 5.41) is 10.1. The minimum atomic E-state index is -0.311. The molecule has 174 valence electrons. The molecular weight excluding hydrogens is 416 g/mol. The molecule has 7 heteroatoms. The lowest BCUT2D eigenvalue weighted by molar-refractivity contribution is -0.0408. The highest BCUT2D eigenvalue weighted by atomic mass is 16.5. The Morgan fingerprint density at radius 3 is 2.39 bits per heavy atom. The summed E-state index contributed by atoms with van der Waals surface area (Å²) in [4.78, 5) is 22.0. The van der Waals surface area contributed by atoms with Gasteiger partial charge in [0.2, 0.25) is 0 Å². The summed E-state index contributed by atoms with van der Waals surface area (Å²) in [6.07, 6.45) is 0.691. The van der Waals surface area contributed by atoms with Crippen LogP contribution < -0.4 is 9.64 Å². The van der Waals surface area contributed by atoms with Crippen molar-refractivity contribution >= 4 is 11.7 Å². The standard InChI is InChI=1S/C26H32N4O3/c1-17(2)23-22-16-33-26(3,4)14-20(22)21(15-27)24(28-23)29-10-12-30(13-11-29)25(31)18-6-8-19(32-5)9-7-18/h6-9,17H,10-14,16H2,1-5H3. The molecule has 1 saturated heterocycles. The van der Waals surface area contributed by atoms with Gasteiger partial charge in [0.1, 0.15) is 17.6 Å². The molecule has 0 radical (unpaired) electrons. The van der Waals surface area contributed by atoms with Crippen molar-refractivity contribution in [2.45, 2.75) is 52.2 Å². The fraction of sp³-hybridized carbons (Fsp3) is 0.500. The minimum absolute atomic E-state index is 0.0120. The predicted octanol–water partition coefficient (Wildman–Crippen LogP) is 3.90. The van der Waals surface area contributed by atoms with Crippen LogP contribution in [-0.2, 0) is 17.8 Å². The van der Waals surface area contributed by atoms with Crippen molar-refractivity contribution < 1.29 is 14.3 Å². The number of anilines is 1. The highest BCUT2D eigenvalue weighted by Gasteiger charge is 2.34. The van der Waals surface area contributed by atoms with Crippen molar-refractivity contribution in [2.75, 3.05) is 38.2 Å². The molecule has 0 N–H and O–H groups in total. The number of rotatable bonds is 4. The van der Waals surface area contributed by atoms with E-state index in [0.29, 0.717) is 50.3 Å². The fourth-order valence-corrected chi connectivity index (χ4v) is 4.64. The molecule has 0 bridgehead atoms. The molecule has 3 heterocycles. The predicted molar refractivity (Wildman–Crippen MR) is 127 cm³/mol. The Morgan fingerprint density at radius 1 is 1.15 bits per heavy atom. The lowest BCUT2D eigenvalue weighted by atomic mass is 9.86. The van der Waals surface area contributed by atoms with Crippen LogP contribution in [0.25, 0.3) is 0 Å². The van der Waals surface area contributed by atoms with Crippen LogP contribution in [0.1, 0.15) is 66.4 Å². The van der Waals surface area contributed by atoms with Crippen LogP contribution in [0.4, 0.5) is 5.82 Å². The number of benzene rings is 1. The summed E-state index contributed by atoms with van der Waals surface area (Å²) >= 11 is 0. The van der Waals surface area contributed by atoms with Gasteiger partial charge in [0.25, 0.3) is 5.91 Å². The summed E-state index contributed by atoms with van der Waals surface area (Å²) in [6.45, 7) is 11.3. The average molecular weight is 449 g/mol. The topological polar surface area (TPSA) is 78.7 Å². The number of fused-ring (bicyclic) bond motifs is 1. The zero-order chi connectivity index (χ0) is 23.8. The Morgan fingerprint density at radius 2 is 1.82 bits per heavy atom. The second-order valence-corrected chi connectivity index (χ2v) is 9.65. The van der Waals surface area contributed by atoms with Crippen LogP contribution >= 0.6 is 0 Å². The molecule has 1 aromatic heterocycles. The number of amides is 1. The number of methoxy groups -OCH3 is 1. The molecule has 0 unspecified atom stereocenters. The molecule has 0 saturated carbocycles. The van der Waals surface area contributed by atoms with Gasteiger partial charge in [-0.3, -0.25) is 4.79 Å². The smallest absolute Gasteiger partial charge is 0.253 e. The summed E-state index contributed by atoms with van der Waals surface area (Å²) in [6, 6.07) is 9.64. The maximum atomic E-state index is 13.0. The highest BCUT2D eigenvalue weighted by Crippen LogP contribution is 2.37. The number of pyridine rings is 1. The van der Waals surface area contributed by atoms with Crippen LogP contribution in [0.15, 0.2) is 24.3 Å². The Balaban J connectivity index is 1.58. The Kier molecular flexibility index (Phi) is 6.31. The number of aromatic nitrogens is 1. The largest absolute Gasteiger partial charge is 0.497 e. The lowest BCUT2D eigenvalue weighted by Crippen LogP contribution is -2.49. The second-order valence-electron chi connectivity index (χ2n) is 9.65. The number of nitriles is 1. The van der Waals surface area contributed by atoms with E-state index in [0.717, 1.165) is 28.4 Å². The first-order valence-electron chi connectivity index (χ1n) is 11.5. The minimum Gasteiger partial charge on any atom is -0.497 e. The van der Waals surface area contributed by atoms with Crippen molar-refractivity contribution in [3.8, 4) is 11.8 Å². The Labute approximate surface area is 195 Å². The van der Waals surface area contributed by atoms with Gasteiger partial charge in [-0.2, -0.15) is 5.26 Å². The quantitative estimate of drug-likeness (QED) is 0.706. The van der Waals surface area contributed by atoms with Gasteiger partial charge in [-0.25, -0.2) is 4.98 Å². The first kappa shape index (κ1) is 23.1. The van der Waals surface area contributed by atoms with E-state index >= 15 is 0 Å². The van der Waals surface area contributed by atoms with Gasteiger partial charge in [-0.15, -0.1) is 0 Å².